The van der Waals surface area contributed by atoms with E-state index in [1.165, 1.54) is 10.8 Å². The summed E-state index contributed by atoms with van der Waals surface area (Å²) in [7, 11) is 0. The Labute approximate surface area is 158 Å². The van der Waals surface area contributed by atoms with Crippen LogP contribution in [0.4, 0.5) is 0 Å². The molecule has 27 heavy (non-hydrogen) atoms. The Bertz CT molecular complexity index is 1110. The van der Waals surface area contributed by atoms with Crippen LogP contribution in [0.5, 0.6) is 0 Å². The molecular formula is C25H20O2. The van der Waals surface area contributed by atoms with Crippen molar-refractivity contribution < 1.29 is 9.59 Å². The Kier molecular flexibility index (Phi) is 4.80. The van der Waals surface area contributed by atoms with E-state index >= 15 is 0 Å². The molecule has 0 radical (unpaired) electrons. The molecule has 0 heterocycles. The van der Waals surface area contributed by atoms with Crippen molar-refractivity contribution in [2.75, 3.05) is 0 Å². The topological polar surface area (TPSA) is 34.1 Å². The van der Waals surface area contributed by atoms with Crippen molar-refractivity contribution >= 4 is 33.6 Å². The second-order valence-electron chi connectivity index (χ2n) is 6.86. The molecule has 0 saturated carbocycles. The Morgan fingerprint density at radius 2 is 1.48 bits per heavy atom. The van der Waals surface area contributed by atoms with Gasteiger partial charge in [0.2, 0.25) is 0 Å². The highest BCUT2D eigenvalue weighted by Gasteiger charge is 2.17. The van der Waals surface area contributed by atoms with Crippen molar-refractivity contribution in [3.8, 4) is 0 Å². The molecule has 0 spiro atoms. The fourth-order valence-corrected chi connectivity index (χ4v) is 3.71. The van der Waals surface area contributed by atoms with Gasteiger partial charge >= 0.3 is 0 Å². The molecule has 1 atom stereocenters. The minimum absolute atomic E-state index is 0.0701. The van der Waals surface area contributed by atoms with E-state index in [0.717, 1.165) is 22.6 Å². The average Bonchev–Trinajstić information content (AvgIpc) is 2.73. The van der Waals surface area contributed by atoms with Gasteiger partial charge in [-0.15, -0.1) is 0 Å². The van der Waals surface area contributed by atoms with Crippen molar-refractivity contribution in [1.29, 1.82) is 0 Å². The summed E-state index contributed by atoms with van der Waals surface area (Å²) in [4.78, 5) is 24.0. The van der Waals surface area contributed by atoms with Gasteiger partial charge in [0, 0.05) is 18.4 Å². The van der Waals surface area contributed by atoms with Crippen LogP contribution in [-0.4, -0.2) is 12.1 Å². The Morgan fingerprint density at radius 1 is 0.778 bits per heavy atom. The number of fused-ring (bicyclic) bond motifs is 3. The first-order chi connectivity index (χ1) is 13.3. The van der Waals surface area contributed by atoms with Gasteiger partial charge in [0.05, 0.1) is 0 Å². The molecule has 0 amide bonds. The maximum atomic E-state index is 12.9. The van der Waals surface area contributed by atoms with Crippen LogP contribution in [0.3, 0.4) is 0 Å². The molecule has 0 aromatic heterocycles. The van der Waals surface area contributed by atoms with E-state index in [-0.39, 0.29) is 11.7 Å². The van der Waals surface area contributed by atoms with Gasteiger partial charge in [-0.3, -0.25) is 4.79 Å². The van der Waals surface area contributed by atoms with Gasteiger partial charge in [-0.2, -0.15) is 0 Å². The number of rotatable bonds is 6. The summed E-state index contributed by atoms with van der Waals surface area (Å²) in [6, 6.07) is 28.1. The quantitative estimate of drug-likeness (QED) is 0.244. The highest BCUT2D eigenvalue weighted by atomic mass is 16.1. The van der Waals surface area contributed by atoms with Crippen LogP contribution < -0.4 is 0 Å². The number of aldehydes is 1. The molecular weight excluding hydrogens is 332 g/mol. The van der Waals surface area contributed by atoms with E-state index in [9.17, 15) is 9.59 Å². The molecule has 1 unspecified atom stereocenters. The monoisotopic (exact) mass is 352 g/mol. The number of carbonyl (C=O) groups is 2. The van der Waals surface area contributed by atoms with Gasteiger partial charge in [0.15, 0.2) is 5.78 Å². The molecule has 4 rings (SSSR count). The standard InChI is InChI=1S/C25H20O2/c26-15-14-20(18-6-2-1-3-7-18)17-25(27)22-12-13-24-21(16-22)11-10-19-8-4-5-9-23(19)24/h1-13,15-16,20H,14,17H2. The van der Waals surface area contributed by atoms with Gasteiger partial charge in [-0.05, 0) is 39.1 Å². The fraction of sp³-hybridized carbons (Fsp3) is 0.120. The number of ketones is 1. The molecule has 0 aliphatic rings. The second-order valence-corrected chi connectivity index (χ2v) is 6.86. The highest BCUT2D eigenvalue weighted by Crippen LogP contribution is 2.28. The van der Waals surface area contributed by atoms with Crippen molar-refractivity contribution in [3.05, 3.63) is 96.1 Å². The van der Waals surface area contributed by atoms with Crippen LogP contribution in [-0.2, 0) is 4.79 Å². The van der Waals surface area contributed by atoms with Gasteiger partial charge < -0.3 is 4.79 Å². The lowest BCUT2D eigenvalue weighted by Gasteiger charge is -2.14. The zero-order valence-corrected chi connectivity index (χ0v) is 15.0. The average molecular weight is 352 g/mol. The van der Waals surface area contributed by atoms with Crippen LogP contribution in [0.15, 0.2) is 84.9 Å². The number of hydrogen-bond acceptors (Lipinski definition) is 2. The van der Waals surface area contributed by atoms with Crippen LogP contribution in [0, 0.1) is 0 Å². The van der Waals surface area contributed by atoms with Crippen molar-refractivity contribution in [1.82, 2.24) is 0 Å². The Balaban J connectivity index is 1.65. The molecule has 2 heteroatoms. The number of benzene rings is 4. The summed E-state index contributed by atoms with van der Waals surface area (Å²) in [5.74, 6) is -0.00994. The van der Waals surface area contributed by atoms with E-state index in [0.29, 0.717) is 18.4 Å². The first-order valence-electron chi connectivity index (χ1n) is 9.19. The lowest BCUT2D eigenvalue weighted by atomic mass is 9.89. The molecule has 0 saturated heterocycles. The van der Waals surface area contributed by atoms with Crippen molar-refractivity contribution in [2.45, 2.75) is 18.8 Å². The summed E-state index contributed by atoms with van der Waals surface area (Å²) < 4.78 is 0. The van der Waals surface area contributed by atoms with Crippen LogP contribution in [0.1, 0.15) is 34.7 Å². The maximum absolute atomic E-state index is 12.9. The van der Waals surface area contributed by atoms with E-state index < -0.39 is 0 Å². The number of carbonyl (C=O) groups excluding carboxylic acids is 2. The predicted molar refractivity (Wildman–Crippen MR) is 110 cm³/mol. The first-order valence-corrected chi connectivity index (χ1v) is 9.19. The smallest absolute Gasteiger partial charge is 0.163 e. The van der Waals surface area contributed by atoms with Gasteiger partial charge in [0.25, 0.3) is 0 Å². The molecule has 4 aromatic rings. The van der Waals surface area contributed by atoms with Crippen LogP contribution in [0.2, 0.25) is 0 Å². The molecule has 132 valence electrons. The molecule has 0 fully saturated rings. The summed E-state index contributed by atoms with van der Waals surface area (Å²) in [6.07, 6.45) is 1.59. The second kappa shape index (κ2) is 7.55. The predicted octanol–water partition coefficient (Wildman–Crippen LogP) is 5.94. The van der Waals surface area contributed by atoms with E-state index in [2.05, 4.69) is 24.3 Å². The third kappa shape index (κ3) is 3.52. The van der Waals surface area contributed by atoms with Crippen LogP contribution >= 0.6 is 0 Å². The van der Waals surface area contributed by atoms with Gasteiger partial charge in [0.1, 0.15) is 6.29 Å². The largest absolute Gasteiger partial charge is 0.303 e. The first kappa shape index (κ1) is 17.2. The van der Waals surface area contributed by atoms with E-state index in [4.69, 9.17) is 0 Å². The lowest BCUT2D eigenvalue weighted by Crippen LogP contribution is -2.08. The zero-order valence-electron chi connectivity index (χ0n) is 15.0. The number of hydrogen-bond donors (Lipinski definition) is 0. The summed E-state index contributed by atoms with van der Waals surface area (Å²) >= 11 is 0. The normalized spacial score (nSPS) is 12.1. The maximum Gasteiger partial charge on any atom is 0.163 e. The van der Waals surface area contributed by atoms with Crippen molar-refractivity contribution in [3.63, 3.8) is 0 Å². The summed E-state index contributed by atoms with van der Waals surface area (Å²) in [5.41, 5.74) is 1.73. The zero-order chi connectivity index (χ0) is 18.6. The minimum atomic E-state index is -0.0801. The SMILES string of the molecule is O=CCC(CC(=O)c1ccc2c(ccc3ccccc32)c1)c1ccccc1. The van der Waals surface area contributed by atoms with Gasteiger partial charge in [-0.1, -0.05) is 78.9 Å². The van der Waals surface area contributed by atoms with Crippen molar-refractivity contribution in [2.24, 2.45) is 0 Å². The summed E-state index contributed by atoms with van der Waals surface area (Å²) in [5, 5.41) is 4.60. The molecule has 4 aromatic carbocycles. The Hall–Kier alpha value is -3.26. The van der Waals surface area contributed by atoms with E-state index in [1.54, 1.807) is 0 Å². The third-order valence-electron chi connectivity index (χ3n) is 5.15. The van der Waals surface area contributed by atoms with Gasteiger partial charge in [-0.25, -0.2) is 0 Å². The Morgan fingerprint density at radius 3 is 2.30 bits per heavy atom. The third-order valence-corrected chi connectivity index (χ3v) is 5.15. The highest BCUT2D eigenvalue weighted by molar-refractivity contribution is 6.09. The molecule has 0 aliphatic carbocycles. The van der Waals surface area contributed by atoms with Crippen LogP contribution in [0.25, 0.3) is 21.5 Å². The molecule has 0 N–H and O–H groups in total. The number of Topliss-reactive ketones (excluding diaryl/α,β-unsaturated/α-hetero) is 1. The lowest BCUT2D eigenvalue weighted by molar-refractivity contribution is -0.108. The van der Waals surface area contributed by atoms with E-state index in [1.807, 2.05) is 60.7 Å². The molecule has 0 aliphatic heterocycles. The minimum Gasteiger partial charge on any atom is -0.303 e. The summed E-state index contributed by atoms with van der Waals surface area (Å²) in [6.45, 7) is 0. The molecule has 2 nitrogen and oxygen atoms in total. The molecule has 0 bridgehead atoms. The fourth-order valence-electron chi connectivity index (χ4n) is 3.71.